The summed E-state index contributed by atoms with van der Waals surface area (Å²) in [5.74, 6) is 0.556. The van der Waals surface area contributed by atoms with Gasteiger partial charge in [-0.25, -0.2) is 0 Å². The molecule has 18 heavy (non-hydrogen) atoms. The first-order chi connectivity index (χ1) is 8.30. The molecule has 1 heterocycles. The Hall–Kier alpha value is -1.59. The lowest BCUT2D eigenvalue weighted by atomic mass is 9.92. The summed E-state index contributed by atoms with van der Waals surface area (Å²) < 4.78 is 5.33. The number of nitrogens with two attached hydrogens (primary N) is 1. The van der Waals surface area contributed by atoms with Crippen molar-refractivity contribution in [2.75, 3.05) is 18.6 Å². The number of benzene rings is 1. The van der Waals surface area contributed by atoms with Crippen LogP contribution in [0, 0.1) is 0 Å². The molecule has 0 aromatic heterocycles. The van der Waals surface area contributed by atoms with Gasteiger partial charge < -0.3 is 20.5 Å². The van der Waals surface area contributed by atoms with Crippen LogP contribution in [0.5, 0.6) is 5.75 Å². The summed E-state index contributed by atoms with van der Waals surface area (Å²) in [5.41, 5.74) is 6.42. The van der Waals surface area contributed by atoms with Gasteiger partial charge in [0.1, 0.15) is 5.75 Å². The molecule has 1 atom stereocenters. The molecular weight excluding hydrogens is 232 g/mol. The van der Waals surface area contributed by atoms with Gasteiger partial charge in [0.2, 0.25) is 0 Å². The van der Waals surface area contributed by atoms with E-state index in [4.69, 9.17) is 10.5 Å². The van der Waals surface area contributed by atoms with Crippen LogP contribution in [0.15, 0.2) is 18.2 Å². The van der Waals surface area contributed by atoms with E-state index in [1.54, 1.807) is 37.9 Å². The lowest BCUT2D eigenvalue weighted by molar-refractivity contribution is -0.120. The largest absolute Gasteiger partial charge is 0.482 e. The average Bonchev–Trinajstić information content (AvgIpc) is 2.31. The van der Waals surface area contributed by atoms with Crippen molar-refractivity contribution >= 4 is 11.6 Å². The fraction of sp³-hybridized carbons (Fsp3) is 0.462. The van der Waals surface area contributed by atoms with Gasteiger partial charge >= 0.3 is 0 Å². The normalized spacial score (nSPS) is 17.2. The Balaban J connectivity index is 2.40. The monoisotopic (exact) mass is 250 g/mol. The third-order valence-electron chi connectivity index (χ3n) is 3.19. The van der Waals surface area contributed by atoms with Crippen molar-refractivity contribution in [1.82, 2.24) is 0 Å². The molecule has 5 heteroatoms. The highest BCUT2D eigenvalue weighted by Gasteiger charge is 2.28. The molecule has 1 aromatic carbocycles. The second-order valence-electron chi connectivity index (χ2n) is 5.10. The summed E-state index contributed by atoms with van der Waals surface area (Å²) in [5, 5.41) is 9.92. The predicted molar refractivity (Wildman–Crippen MR) is 68.6 cm³/mol. The van der Waals surface area contributed by atoms with Crippen molar-refractivity contribution in [2.24, 2.45) is 5.73 Å². The van der Waals surface area contributed by atoms with Crippen LogP contribution in [0.3, 0.4) is 0 Å². The summed E-state index contributed by atoms with van der Waals surface area (Å²) in [6.07, 6.45) is 0. The second kappa shape index (κ2) is 4.26. The van der Waals surface area contributed by atoms with Gasteiger partial charge in [-0.05, 0) is 31.5 Å². The van der Waals surface area contributed by atoms with Gasteiger partial charge in [-0.2, -0.15) is 0 Å². The number of anilines is 1. The van der Waals surface area contributed by atoms with Crippen LogP contribution < -0.4 is 15.4 Å². The molecule has 0 aliphatic carbocycles. The molecule has 0 radical (unpaired) electrons. The Morgan fingerprint density at radius 2 is 2.17 bits per heavy atom. The van der Waals surface area contributed by atoms with Crippen LogP contribution in [0.2, 0.25) is 0 Å². The van der Waals surface area contributed by atoms with Crippen LogP contribution in [0.25, 0.3) is 0 Å². The lowest BCUT2D eigenvalue weighted by Gasteiger charge is -2.30. The Morgan fingerprint density at radius 3 is 2.78 bits per heavy atom. The highest BCUT2D eigenvalue weighted by molar-refractivity contribution is 5.97. The standard InChI is InChI=1S/C13H18N2O3/c1-13(2,17)12(14)8-4-5-10-9(6-8)15(3)11(16)7-18-10/h4-6,12,17H,7,14H2,1-3H3. The number of amides is 1. The Labute approximate surface area is 106 Å². The quantitative estimate of drug-likeness (QED) is 0.814. The number of fused-ring (bicyclic) bond motifs is 1. The molecule has 0 fully saturated rings. The first-order valence-electron chi connectivity index (χ1n) is 5.82. The van der Waals surface area contributed by atoms with Gasteiger partial charge in [-0.15, -0.1) is 0 Å². The number of nitrogens with zero attached hydrogens (tertiary/aromatic N) is 1. The molecule has 1 unspecified atom stereocenters. The van der Waals surface area contributed by atoms with Gasteiger partial charge in [0, 0.05) is 7.05 Å². The molecular formula is C13H18N2O3. The summed E-state index contributed by atoms with van der Waals surface area (Å²) in [4.78, 5) is 13.1. The van der Waals surface area contributed by atoms with Gasteiger partial charge in [0.05, 0.1) is 17.3 Å². The molecule has 1 aromatic rings. The number of carbonyl (C=O) groups excluding carboxylic acids is 1. The Kier molecular flexibility index (Phi) is 3.04. The number of carbonyl (C=O) groups is 1. The van der Waals surface area contributed by atoms with E-state index in [2.05, 4.69) is 0 Å². The summed E-state index contributed by atoms with van der Waals surface area (Å²) in [7, 11) is 1.70. The molecule has 1 amide bonds. The van der Waals surface area contributed by atoms with E-state index in [1.165, 1.54) is 0 Å². The molecule has 5 nitrogen and oxygen atoms in total. The maximum Gasteiger partial charge on any atom is 0.264 e. The molecule has 0 bridgehead atoms. The molecule has 0 saturated heterocycles. The smallest absolute Gasteiger partial charge is 0.264 e. The topological polar surface area (TPSA) is 75.8 Å². The van der Waals surface area contributed by atoms with Crippen LogP contribution in [-0.2, 0) is 4.79 Å². The zero-order chi connectivity index (χ0) is 13.5. The first kappa shape index (κ1) is 12.9. The minimum Gasteiger partial charge on any atom is -0.482 e. The van der Waals surface area contributed by atoms with Crippen LogP contribution in [0.4, 0.5) is 5.69 Å². The SMILES string of the molecule is CN1C(=O)COc2ccc(C(N)C(C)(C)O)cc21. The molecule has 2 rings (SSSR count). The van der Waals surface area contributed by atoms with E-state index >= 15 is 0 Å². The maximum absolute atomic E-state index is 11.6. The average molecular weight is 250 g/mol. The second-order valence-corrected chi connectivity index (χ2v) is 5.10. The third-order valence-corrected chi connectivity index (χ3v) is 3.19. The number of hydrogen-bond donors (Lipinski definition) is 2. The summed E-state index contributed by atoms with van der Waals surface area (Å²) in [6, 6.07) is 4.85. The van der Waals surface area contributed by atoms with E-state index in [-0.39, 0.29) is 12.5 Å². The van der Waals surface area contributed by atoms with Crippen LogP contribution in [0.1, 0.15) is 25.5 Å². The number of likely N-dealkylation sites (N-methyl/N-ethyl adjacent to an activating group) is 1. The lowest BCUT2D eigenvalue weighted by Crippen LogP contribution is -2.37. The Morgan fingerprint density at radius 1 is 1.50 bits per heavy atom. The molecule has 1 aliphatic heterocycles. The van der Waals surface area contributed by atoms with E-state index in [0.29, 0.717) is 11.4 Å². The van der Waals surface area contributed by atoms with E-state index in [9.17, 15) is 9.90 Å². The highest BCUT2D eigenvalue weighted by atomic mass is 16.5. The molecule has 3 N–H and O–H groups in total. The maximum atomic E-state index is 11.6. The van der Waals surface area contributed by atoms with E-state index < -0.39 is 11.6 Å². The fourth-order valence-electron chi connectivity index (χ4n) is 1.89. The van der Waals surface area contributed by atoms with Gasteiger partial charge in [0.15, 0.2) is 6.61 Å². The molecule has 0 saturated carbocycles. The minimum absolute atomic E-state index is 0.0559. The van der Waals surface area contributed by atoms with E-state index in [0.717, 1.165) is 5.56 Å². The molecule has 98 valence electrons. The number of ether oxygens (including phenoxy) is 1. The predicted octanol–water partition coefficient (Wildman–Crippen LogP) is 0.812. The van der Waals surface area contributed by atoms with Crippen molar-refractivity contribution in [1.29, 1.82) is 0 Å². The van der Waals surface area contributed by atoms with Gasteiger partial charge in [-0.3, -0.25) is 4.79 Å². The summed E-state index contributed by atoms with van der Waals surface area (Å²) >= 11 is 0. The van der Waals surface area contributed by atoms with Crippen molar-refractivity contribution < 1.29 is 14.6 Å². The number of aliphatic hydroxyl groups is 1. The minimum atomic E-state index is -1.02. The summed E-state index contributed by atoms with van der Waals surface area (Å²) in [6.45, 7) is 3.37. The first-order valence-corrected chi connectivity index (χ1v) is 5.82. The van der Waals surface area contributed by atoms with Gasteiger partial charge in [0.25, 0.3) is 5.91 Å². The highest BCUT2D eigenvalue weighted by Crippen LogP contribution is 2.35. The Bertz CT molecular complexity index is 480. The zero-order valence-electron chi connectivity index (χ0n) is 10.8. The van der Waals surface area contributed by atoms with Crippen LogP contribution >= 0.6 is 0 Å². The molecule has 0 spiro atoms. The fourth-order valence-corrected chi connectivity index (χ4v) is 1.89. The van der Waals surface area contributed by atoms with Crippen molar-refractivity contribution in [3.63, 3.8) is 0 Å². The van der Waals surface area contributed by atoms with Crippen molar-refractivity contribution in [3.8, 4) is 5.75 Å². The number of rotatable bonds is 2. The third kappa shape index (κ3) is 2.19. The van der Waals surface area contributed by atoms with Crippen LogP contribution in [-0.4, -0.2) is 30.3 Å². The van der Waals surface area contributed by atoms with Crippen molar-refractivity contribution in [2.45, 2.75) is 25.5 Å². The molecule has 1 aliphatic rings. The van der Waals surface area contributed by atoms with Crippen molar-refractivity contribution in [3.05, 3.63) is 23.8 Å². The van der Waals surface area contributed by atoms with Gasteiger partial charge in [-0.1, -0.05) is 6.07 Å². The zero-order valence-corrected chi connectivity index (χ0v) is 10.8. The number of hydrogen-bond acceptors (Lipinski definition) is 4. The van der Waals surface area contributed by atoms with E-state index in [1.807, 2.05) is 6.07 Å².